The summed E-state index contributed by atoms with van der Waals surface area (Å²) in [6, 6.07) is 9.19. The van der Waals surface area contributed by atoms with Crippen molar-refractivity contribution in [1.29, 1.82) is 0 Å². The van der Waals surface area contributed by atoms with Crippen molar-refractivity contribution in [3.8, 4) is 5.75 Å². The van der Waals surface area contributed by atoms with E-state index in [4.69, 9.17) is 4.74 Å². The van der Waals surface area contributed by atoms with Gasteiger partial charge in [0.1, 0.15) is 12.4 Å². The molecule has 3 nitrogen and oxygen atoms in total. The van der Waals surface area contributed by atoms with E-state index in [-0.39, 0.29) is 0 Å². The van der Waals surface area contributed by atoms with Gasteiger partial charge in [0.2, 0.25) is 0 Å². The molecule has 110 valence electrons. The molecule has 2 saturated carbocycles. The minimum atomic E-state index is 0.718. The molecule has 0 radical (unpaired) electrons. The summed E-state index contributed by atoms with van der Waals surface area (Å²) < 4.78 is 5.73. The van der Waals surface area contributed by atoms with Crippen molar-refractivity contribution >= 4 is 5.69 Å². The molecular weight excluding hydrogens is 248 g/mol. The largest absolute Gasteiger partial charge is 0.492 e. The molecule has 0 aliphatic heterocycles. The van der Waals surface area contributed by atoms with Crippen LogP contribution < -0.4 is 10.1 Å². The molecule has 2 aliphatic rings. The van der Waals surface area contributed by atoms with E-state index < -0.39 is 0 Å². The van der Waals surface area contributed by atoms with Crippen LogP contribution in [0.25, 0.3) is 0 Å². The van der Waals surface area contributed by atoms with Gasteiger partial charge in [-0.05, 0) is 75.9 Å². The number of ether oxygens (including phenoxy) is 1. The van der Waals surface area contributed by atoms with Gasteiger partial charge in [-0.2, -0.15) is 0 Å². The van der Waals surface area contributed by atoms with Crippen molar-refractivity contribution in [3.05, 3.63) is 24.3 Å². The lowest BCUT2D eigenvalue weighted by Gasteiger charge is -2.19. The van der Waals surface area contributed by atoms with Crippen LogP contribution >= 0.6 is 0 Å². The van der Waals surface area contributed by atoms with Gasteiger partial charge in [-0.15, -0.1) is 0 Å². The molecule has 0 aromatic heterocycles. The molecule has 0 spiro atoms. The lowest BCUT2D eigenvalue weighted by atomic mass is 10.1. The van der Waals surface area contributed by atoms with Gasteiger partial charge in [0.05, 0.1) is 0 Å². The van der Waals surface area contributed by atoms with Gasteiger partial charge in [0, 0.05) is 18.3 Å². The molecule has 0 amide bonds. The molecule has 1 N–H and O–H groups in total. The average Bonchev–Trinajstić information content (AvgIpc) is 3.29. The number of hydrogen-bond acceptors (Lipinski definition) is 3. The fraction of sp³-hybridized carbons (Fsp3) is 0.647. The van der Waals surface area contributed by atoms with Crippen LogP contribution in [-0.2, 0) is 0 Å². The first-order valence-electron chi connectivity index (χ1n) is 7.86. The highest BCUT2D eigenvalue weighted by molar-refractivity contribution is 5.47. The Morgan fingerprint density at radius 1 is 1.10 bits per heavy atom. The molecule has 3 rings (SSSR count). The monoisotopic (exact) mass is 274 g/mol. The molecule has 0 heterocycles. The Kier molecular flexibility index (Phi) is 4.16. The van der Waals surface area contributed by atoms with Gasteiger partial charge < -0.3 is 15.0 Å². The van der Waals surface area contributed by atoms with E-state index in [1.807, 2.05) is 0 Å². The fourth-order valence-electron chi connectivity index (χ4n) is 2.72. The molecule has 0 unspecified atom stereocenters. The van der Waals surface area contributed by atoms with E-state index in [0.29, 0.717) is 0 Å². The van der Waals surface area contributed by atoms with Crippen LogP contribution in [0.5, 0.6) is 5.75 Å². The van der Waals surface area contributed by atoms with E-state index in [1.54, 1.807) is 0 Å². The Morgan fingerprint density at radius 3 is 2.20 bits per heavy atom. The quantitative estimate of drug-likeness (QED) is 0.787. The summed E-state index contributed by atoms with van der Waals surface area (Å²) in [5.41, 5.74) is 1.24. The van der Waals surface area contributed by atoms with E-state index >= 15 is 0 Å². The van der Waals surface area contributed by atoms with Crippen LogP contribution in [0.2, 0.25) is 0 Å². The predicted octanol–water partition coefficient (Wildman–Crippen LogP) is 3.23. The molecular formula is C17H26N2O. The van der Waals surface area contributed by atoms with Crippen LogP contribution in [0.3, 0.4) is 0 Å². The van der Waals surface area contributed by atoms with Crippen molar-refractivity contribution < 1.29 is 4.74 Å². The molecule has 20 heavy (non-hydrogen) atoms. The van der Waals surface area contributed by atoms with Crippen molar-refractivity contribution in [2.45, 2.75) is 31.7 Å². The summed E-state index contributed by atoms with van der Waals surface area (Å²) in [6.45, 7) is 1.69. The number of nitrogens with zero attached hydrogens (tertiary/aromatic N) is 1. The molecule has 2 fully saturated rings. The zero-order chi connectivity index (χ0) is 13.9. The zero-order valence-corrected chi connectivity index (χ0v) is 12.6. The SMILES string of the molecule is CN(C)CCOc1ccc(NC(C2CC2)C2CC2)cc1. The van der Waals surface area contributed by atoms with Gasteiger partial charge in [0.15, 0.2) is 0 Å². The second-order valence-corrected chi connectivity index (χ2v) is 6.52. The highest BCUT2D eigenvalue weighted by Crippen LogP contribution is 2.45. The Morgan fingerprint density at radius 2 is 1.70 bits per heavy atom. The average molecular weight is 274 g/mol. The smallest absolute Gasteiger partial charge is 0.119 e. The second-order valence-electron chi connectivity index (χ2n) is 6.52. The predicted molar refractivity (Wildman–Crippen MR) is 83.3 cm³/mol. The topological polar surface area (TPSA) is 24.5 Å². The van der Waals surface area contributed by atoms with E-state index in [9.17, 15) is 0 Å². The molecule has 0 saturated heterocycles. The van der Waals surface area contributed by atoms with Crippen LogP contribution in [0.4, 0.5) is 5.69 Å². The minimum Gasteiger partial charge on any atom is -0.492 e. The van der Waals surface area contributed by atoms with Crippen LogP contribution in [0.15, 0.2) is 24.3 Å². The maximum Gasteiger partial charge on any atom is 0.119 e. The third-order valence-electron chi connectivity index (χ3n) is 4.25. The van der Waals surface area contributed by atoms with Crippen LogP contribution in [-0.4, -0.2) is 38.2 Å². The Balaban J connectivity index is 1.50. The van der Waals surface area contributed by atoms with Crippen LogP contribution in [0, 0.1) is 11.8 Å². The third kappa shape index (κ3) is 3.89. The van der Waals surface area contributed by atoms with Gasteiger partial charge in [-0.3, -0.25) is 0 Å². The van der Waals surface area contributed by atoms with Crippen molar-refractivity contribution in [2.24, 2.45) is 11.8 Å². The summed E-state index contributed by atoms with van der Waals surface area (Å²) >= 11 is 0. The van der Waals surface area contributed by atoms with E-state index in [1.165, 1.54) is 31.4 Å². The maximum absolute atomic E-state index is 5.73. The summed E-state index contributed by atoms with van der Waals surface area (Å²) in [4.78, 5) is 2.13. The first-order chi connectivity index (χ1) is 9.72. The zero-order valence-electron chi connectivity index (χ0n) is 12.6. The van der Waals surface area contributed by atoms with Gasteiger partial charge in [0.25, 0.3) is 0 Å². The Hall–Kier alpha value is -1.22. The molecule has 1 aromatic carbocycles. The molecule has 0 atom stereocenters. The van der Waals surface area contributed by atoms with Gasteiger partial charge >= 0.3 is 0 Å². The number of nitrogens with one attached hydrogen (secondary N) is 1. The Labute approximate surface area is 122 Å². The first-order valence-corrected chi connectivity index (χ1v) is 7.86. The van der Waals surface area contributed by atoms with Crippen molar-refractivity contribution in [2.75, 3.05) is 32.6 Å². The Bertz CT molecular complexity index is 409. The van der Waals surface area contributed by atoms with Crippen LogP contribution in [0.1, 0.15) is 25.7 Å². The summed E-state index contributed by atoms with van der Waals surface area (Å²) in [6.07, 6.45) is 5.67. The highest BCUT2D eigenvalue weighted by atomic mass is 16.5. The summed E-state index contributed by atoms with van der Waals surface area (Å²) in [7, 11) is 4.12. The van der Waals surface area contributed by atoms with Gasteiger partial charge in [-0.25, -0.2) is 0 Å². The molecule has 2 aliphatic carbocycles. The summed E-state index contributed by atoms with van der Waals surface area (Å²) in [5.74, 6) is 2.82. The number of anilines is 1. The lowest BCUT2D eigenvalue weighted by molar-refractivity contribution is 0.261. The lowest BCUT2D eigenvalue weighted by Crippen LogP contribution is -2.24. The standard InChI is InChI=1S/C17H26N2O/c1-19(2)11-12-20-16-9-7-15(8-10-16)18-17(13-3-4-13)14-5-6-14/h7-10,13-14,17-18H,3-6,11-12H2,1-2H3. The molecule has 3 heteroatoms. The minimum absolute atomic E-state index is 0.718. The van der Waals surface area contributed by atoms with E-state index in [2.05, 4.69) is 48.6 Å². The van der Waals surface area contributed by atoms with Gasteiger partial charge in [-0.1, -0.05) is 0 Å². The highest BCUT2D eigenvalue weighted by Gasteiger charge is 2.41. The number of rotatable bonds is 8. The fourth-order valence-corrected chi connectivity index (χ4v) is 2.72. The third-order valence-corrected chi connectivity index (χ3v) is 4.25. The second kappa shape index (κ2) is 6.04. The van der Waals surface area contributed by atoms with Crippen molar-refractivity contribution in [3.63, 3.8) is 0 Å². The number of hydrogen-bond donors (Lipinski definition) is 1. The summed E-state index contributed by atoms with van der Waals surface area (Å²) in [5, 5.41) is 3.74. The van der Waals surface area contributed by atoms with E-state index in [0.717, 1.165) is 36.8 Å². The maximum atomic E-state index is 5.73. The van der Waals surface area contributed by atoms with Crippen molar-refractivity contribution in [1.82, 2.24) is 4.90 Å². The number of likely N-dealkylation sites (N-methyl/N-ethyl adjacent to an activating group) is 1. The normalized spacial score (nSPS) is 18.6. The molecule has 1 aromatic rings. The first kappa shape index (κ1) is 13.7. The molecule has 0 bridgehead atoms. The number of benzene rings is 1.